The molecule has 32 heavy (non-hydrogen) atoms. The Labute approximate surface area is 186 Å². The first kappa shape index (κ1) is 21.7. The van der Waals surface area contributed by atoms with E-state index in [0.717, 1.165) is 9.87 Å². The van der Waals surface area contributed by atoms with E-state index in [9.17, 15) is 13.2 Å². The number of nitrogens with zero attached hydrogens (tertiary/aromatic N) is 2. The number of carbonyl (C=O) groups excluding carboxylic acids is 1. The van der Waals surface area contributed by atoms with E-state index < -0.39 is 22.0 Å². The van der Waals surface area contributed by atoms with Gasteiger partial charge in [0.2, 0.25) is 5.91 Å². The molecule has 1 N–H and O–H groups in total. The Balaban J connectivity index is 1.73. The van der Waals surface area contributed by atoms with Crippen molar-refractivity contribution in [2.45, 2.75) is 31.7 Å². The van der Waals surface area contributed by atoms with Crippen LogP contribution >= 0.6 is 0 Å². The first-order chi connectivity index (χ1) is 15.3. The minimum Gasteiger partial charge on any atom is -0.486 e. The predicted molar refractivity (Wildman–Crippen MR) is 118 cm³/mol. The number of aromatic nitrogens is 1. The Hall–Kier alpha value is -3.53. The molecule has 1 aliphatic heterocycles. The van der Waals surface area contributed by atoms with E-state index >= 15 is 0 Å². The van der Waals surface area contributed by atoms with Gasteiger partial charge in [-0.1, -0.05) is 22.9 Å². The van der Waals surface area contributed by atoms with Gasteiger partial charge in [-0.15, -0.1) is 0 Å². The van der Waals surface area contributed by atoms with E-state index in [4.69, 9.17) is 14.0 Å². The zero-order valence-corrected chi connectivity index (χ0v) is 18.7. The molecule has 0 fully saturated rings. The normalized spacial score (nSPS) is 14.0. The van der Waals surface area contributed by atoms with Crippen molar-refractivity contribution in [2.24, 2.45) is 0 Å². The molecule has 1 atom stereocenters. The molecule has 10 heteroatoms. The van der Waals surface area contributed by atoms with Crippen molar-refractivity contribution in [3.63, 3.8) is 0 Å². The molecule has 0 unspecified atom stereocenters. The number of hydrogen-bond acceptors (Lipinski definition) is 7. The third-order valence-electron chi connectivity index (χ3n) is 4.97. The van der Waals surface area contributed by atoms with Gasteiger partial charge in [-0.05, 0) is 45.0 Å². The van der Waals surface area contributed by atoms with Gasteiger partial charge in [0.15, 0.2) is 17.3 Å². The molecule has 0 radical (unpaired) electrons. The van der Waals surface area contributed by atoms with Gasteiger partial charge < -0.3 is 19.3 Å². The highest BCUT2D eigenvalue weighted by atomic mass is 32.2. The molecule has 1 aliphatic rings. The number of hydrogen-bond donors (Lipinski definition) is 1. The summed E-state index contributed by atoms with van der Waals surface area (Å²) in [6, 6.07) is 11.8. The second-order valence-electron chi connectivity index (χ2n) is 7.43. The molecule has 9 nitrogen and oxygen atoms in total. The molecule has 0 saturated heterocycles. The van der Waals surface area contributed by atoms with Crippen molar-refractivity contribution >= 4 is 27.4 Å². The number of amides is 1. The van der Waals surface area contributed by atoms with Crippen molar-refractivity contribution in [2.75, 3.05) is 22.8 Å². The van der Waals surface area contributed by atoms with Gasteiger partial charge in [-0.3, -0.25) is 9.10 Å². The van der Waals surface area contributed by atoms with Crippen LogP contribution in [0, 0.1) is 13.8 Å². The van der Waals surface area contributed by atoms with E-state index in [-0.39, 0.29) is 10.7 Å². The molecule has 0 saturated carbocycles. The van der Waals surface area contributed by atoms with Crippen LogP contribution in [0.3, 0.4) is 0 Å². The lowest BCUT2D eigenvalue weighted by Crippen LogP contribution is -2.46. The maximum atomic E-state index is 13.7. The van der Waals surface area contributed by atoms with Crippen molar-refractivity contribution in [3.05, 3.63) is 59.9 Å². The van der Waals surface area contributed by atoms with Crippen LogP contribution in [0.15, 0.2) is 57.9 Å². The van der Waals surface area contributed by atoms with Crippen molar-refractivity contribution in [3.8, 4) is 11.5 Å². The molecule has 168 valence electrons. The summed E-state index contributed by atoms with van der Waals surface area (Å²) < 4.78 is 44.5. The first-order valence-electron chi connectivity index (χ1n) is 10.0. The smallest absolute Gasteiger partial charge is 0.265 e. The Morgan fingerprint density at radius 3 is 2.38 bits per heavy atom. The summed E-state index contributed by atoms with van der Waals surface area (Å²) in [4.78, 5) is 13.0. The Morgan fingerprint density at radius 2 is 1.72 bits per heavy atom. The topological polar surface area (TPSA) is 111 Å². The number of sulfonamides is 1. The fourth-order valence-electron chi connectivity index (χ4n) is 3.32. The number of benzene rings is 2. The Kier molecular flexibility index (Phi) is 5.79. The predicted octanol–water partition coefficient (Wildman–Crippen LogP) is 3.29. The third kappa shape index (κ3) is 4.26. The number of ether oxygens (including phenoxy) is 2. The van der Waals surface area contributed by atoms with Crippen LogP contribution in [0.2, 0.25) is 0 Å². The minimum atomic E-state index is -4.14. The number of anilines is 2. The van der Waals surface area contributed by atoms with Crippen LogP contribution in [0.1, 0.15) is 18.2 Å². The quantitative estimate of drug-likeness (QED) is 0.605. The lowest BCUT2D eigenvalue weighted by Gasteiger charge is -2.30. The lowest BCUT2D eigenvalue weighted by molar-refractivity contribution is -0.116. The zero-order valence-electron chi connectivity index (χ0n) is 17.9. The van der Waals surface area contributed by atoms with Crippen LogP contribution in [-0.2, 0) is 14.8 Å². The molecular formula is C22H23N3O6S. The van der Waals surface area contributed by atoms with Crippen LogP contribution in [0.25, 0.3) is 0 Å². The van der Waals surface area contributed by atoms with E-state index in [0.29, 0.717) is 36.2 Å². The average molecular weight is 458 g/mol. The van der Waals surface area contributed by atoms with E-state index in [1.165, 1.54) is 19.1 Å². The summed E-state index contributed by atoms with van der Waals surface area (Å²) in [5, 5.41) is 6.35. The molecular weight excluding hydrogens is 434 g/mol. The summed E-state index contributed by atoms with van der Waals surface area (Å²) >= 11 is 0. The number of aryl methyl sites for hydroxylation is 2. The highest BCUT2D eigenvalue weighted by Crippen LogP contribution is 2.35. The summed E-state index contributed by atoms with van der Waals surface area (Å²) in [7, 11) is -4.14. The molecule has 3 aromatic rings. The number of rotatable bonds is 6. The standard InChI is InChI=1S/C22H23N3O6S/c1-14-4-6-17(7-5-14)25(16(3)22(26)23-21-12-15(2)31-24-21)32(27,28)18-8-9-19-20(13-18)30-11-10-29-19/h4-9,12-13,16H,10-11H2,1-3H3,(H,23,24,26)/t16-/m1/s1. The van der Waals surface area contributed by atoms with E-state index in [1.54, 1.807) is 43.3 Å². The molecule has 0 bridgehead atoms. The zero-order chi connectivity index (χ0) is 22.9. The summed E-state index contributed by atoms with van der Waals surface area (Å²) in [6.07, 6.45) is 0. The molecule has 1 aromatic heterocycles. The minimum absolute atomic E-state index is 0.0146. The van der Waals surface area contributed by atoms with Gasteiger partial charge in [0.25, 0.3) is 10.0 Å². The lowest BCUT2D eigenvalue weighted by atomic mass is 10.2. The number of fused-ring (bicyclic) bond motifs is 1. The molecule has 2 aromatic carbocycles. The second-order valence-corrected chi connectivity index (χ2v) is 9.24. The van der Waals surface area contributed by atoms with Gasteiger partial charge in [0, 0.05) is 12.1 Å². The largest absolute Gasteiger partial charge is 0.486 e. The number of nitrogens with one attached hydrogen (secondary N) is 1. The van der Waals surface area contributed by atoms with Gasteiger partial charge in [0.05, 0.1) is 10.6 Å². The average Bonchev–Trinajstić information content (AvgIpc) is 3.19. The van der Waals surface area contributed by atoms with E-state index in [2.05, 4.69) is 10.5 Å². The highest BCUT2D eigenvalue weighted by molar-refractivity contribution is 7.93. The molecule has 0 spiro atoms. The van der Waals surface area contributed by atoms with Crippen LogP contribution in [0.5, 0.6) is 11.5 Å². The SMILES string of the molecule is Cc1ccc(N([C@H](C)C(=O)Nc2cc(C)on2)S(=O)(=O)c2ccc3c(c2)OCCO3)cc1. The fraction of sp³-hybridized carbons (Fsp3) is 0.273. The van der Waals surface area contributed by atoms with Crippen molar-refractivity contribution in [1.82, 2.24) is 5.16 Å². The van der Waals surface area contributed by atoms with Gasteiger partial charge >= 0.3 is 0 Å². The molecule has 4 rings (SSSR count). The maximum absolute atomic E-state index is 13.7. The summed E-state index contributed by atoms with van der Waals surface area (Å²) in [6.45, 7) is 5.82. The second kappa shape index (κ2) is 8.54. The van der Waals surface area contributed by atoms with Crippen LogP contribution < -0.4 is 19.1 Å². The third-order valence-corrected chi connectivity index (χ3v) is 6.86. The van der Waals surface area contributed by atoms with Gasteiger partial charge in [-0.25, -0.2) is 8.42 Å². The number of carbonyl (C=O) groups is 1. The highest BCUT2D eigenvalue weighted by Gasteiger charge is 2.34. The van der Waals surface area contributed by atoms with Crippen molar-refractivity contribution in [1.29, 1.82) is 0 Å². The van der Waals surface area contributed by atoms with Gasteiger partial charge in [0.1, 0.15) is 25.0 Å². The monoisotopic (exact) mass is 457 g/mol. The Bertz CT molecular complexity index is 1240. The summed E-state index contributed by atoms with van der Waals surface area (Å²) in [5.41, 5.74) is 1.31. The molecule has 2 heterocycles. The van der Waals surface area contributed by atoms with Crippen LogP contribution in [-0.4, -0.2) is 38.7 Å². The first-order valence-corrected chi connectivity index (χ1v) is 11.4. The Morgan fingerprint density at radius 1 is 1.03 bits per heavy atom. The summed E-state index contributed by atoms with van der Waals surface area (Å²) in [5.74, 6) is 0.993. The van der Waals surface area contributed by atoms with E-state index in [1.807, 2.05) is 6.92 Å². The van der Waals surface area contributed by atoms with Crippen molar-refractivity contribution < 1.29 is 27.2 Å². The molecule has 0 aliphatic carbocycles. The molecule has 1 amide bonds. The maximum Gasteiger partial charge on any atom is 0.265 e. The van der Waals surface area contributed by atoms with Gasteiger partial charge in [-0.2, -0.15) is 0 Å². The fourth-order valence-corrected chi connectivity index (χ4v) is 4.96. The van der Waals surface area contributed by atoms with Crippen LogP contribution in [0.4, 0.5) is 11.5 Å².